The number of ether oxygens (including phenoxy) is 1. The molecule has 0 aliphatic carbocycles. The number of nitrogens with two attached hydrogens (primary N) is 1. The monoisotopic (exact) mass is 261 g/mol. The Kier molecular flexibility index (Phi) is 3.31. The summed E-state index contributed by atoms with van der Waals surface area (Å²) in [6.07, 6.45) is 4.67. The van der Waals surface area contributed by atoms with E-state index in [4.69, 9.17) is 10.5 Å². The first kappa shape index (κ1) is 12.3. The number of aromatic nitrogens is 2. The molecule has 5 heteroatoms. The van der Waals surface area contributed by atoms with Crippen LogP contribution in [0.3, 0.4) is 0 Å². The Hall–Kier alpha value is -1.72. The zero-order valence-corrected chi connectivity index (χ0v) is 10.6. The second kappa shape index (κ2) is 5.11. The highest BCUT2D eigenvalue weighted by molar-refractivity contribution is 5.62. The van der Waals surface area contributed by atoms with E-state index in [0.29, 0.717) is 13.2 Å². The topological polar surface area (TPSA) is 53.1 Å². The van der Waals surface area contributed by atoms with Gasteiger partial charge in [-0.3, -0.25) is 4.68 Å². The number of halogens is 1. The molecule has 2 aromatic rings. The van der Waals surface area contributed by atoms with Gasteiger partial charge in [-0.15, -0.1) is 0 Å². The smallest absolute Gasteiger partial charge is 0.124 e. The van der Waals surface area contributed by atoms with Crippen LogP contribution in [-0.4, -0.2) is 23.0 Å². The molecule has 2 N–H and O–H groups in total. The summed E-state index contributed by atoms with van der Waals surface area (Å²) in [7, 11) is 0. The van der Waals surface area contributed by atoms with Crippen molar-refractivity contribution in [2.45, 2.75) is 19.0 Å². The Morgan fingerprint density at radius 1 is 1.37 bits per heavy atom. The fraction of sp³-hybridized carbons (Fsp3) is 0.357. The van der Waals surface area contributed by atoms with E-state index in [0.717, 1.165) is 29.7 Å². The number of benzene rings is 1. The van der Waals surface area contributed by atoms with E-state index in [1.54, 1.807) is 6.20 Å². The fourth-order valence-electron chi connectivity index (χ4n) is 2.35. The molecule has 0 bridgehead atoms. The molecule has 1 fully saturated rings. The highest BCUT2D eigenvalue weighted by atomic mass is 19.1. The summed E-state index contributed by atoms with van der Waals surface area (Å²) in [5.74, 6) is -0.269. The van der Waals surface area contributed by atoms with Gasteiger partial charge >= 0.3 is 0 Å². The molecule has 100 valence electrons. The molecule has 3 rings (SSSR count). The molecule has 19 heavy (non-hydrogen) atoms. The Bertz CT molecular complexity index is 576. The molecule has 2 heterocycles. The van der Waals surface area contributed by atoms with Crippen molar-refractivity contribution in [3.8, 4) is 11.1 Å². The van der Waals surface area contributed by atoms with E-state index in [-0.39, 0.29) is 11.9 Å². The van der Waals surface area contributed by atoms with Gasteiger partial charge in [-0.1, -0.05) is 0 Å². The molecule has 1 unspecified atom stereocenters. The standard InChI is InChI=1S/C14H16FN3O/c15-13-4-10(6-16)3-11(5-13)12-7-17-18(8-12)14-1-2-19-9-14/h3-5,7-8,14H,1-2,6,9,16H2. The minimum Gasteiger partial charge on any atom is -0.379 e. The summed E-state index contributed by atoms with van der Waals surface area (Å²) in [6.45, 7) is 1.80. The van der Waals surface area contributed by atoms with Crippen LogP contribution in [0.4, 0.5) is 4.39 Å². The van der Waals surface area contributed by atoms with E-state index in [9.17, 15) is 4.39 Å². The molecule has 1 aromatic heterocycles. The van der Waals surface area contributed by atoms with Gasteiger partial charge in [-0.2, -0.15) is 5.10 Å². The van der Waals surface area contributed by atoms with Gasteiger partial charge in [0.15, 0.2) is 0 Å². The maximum atomic E-state index is 13.5. The SMILES string of the molecule is NCc1cc(F)cc(-c2cnn(C3CCOC3)c2)c1. The minimum absolute atomic E-state index is 0.269. The molecule has 1 aromatic carbocycles. The van der Waals surface area contributed by atoms with Crippen LogP contribution in [0, 0.1) is 5.82 Å². The van der Waals surface area contributed by atoms with Crippen LogP contribution in [0.1, 0.15) is 18.0 Å². The summed E-state index contributed by atoms with van der Waals surface area (Å²) >= 11 is 0. The molecular formula is C14H16FN3O. The first-order valence-corrected chi connectivity index (χ1v) is 6.38. The zero-order chi connectivity index (χ0) is 13.2. The van der Waals surface area contributed by atoms with Gasteiger partial charge in [0.05, 0.1) is 18.8 Å². The number of rotatable bonds is 3. The van der Waals surface area contributed by atoms with Crippen molar-refractivity contribution in [2.75, 3.05) is 13.2 Å². The first-order valence-electron chi connectivity index (χ1n) is 6.38. The van der Waals surface area contributed by atoms with Crippen LogP contribution >= 0.6 is 0 Å². The van der Waals surface area contributed by atoms with Crippen molar-refractivity contribution in [1.29, 1.82) is 0 Å². The summed E-state index contributed by atoms with van der Waals surface area (Å²) in [6, 6.07) is 5.15. The third-order valence-electron chi connectivity index (χ3n) is 3.41. The van der Waals surface area contributed by atoms with Gasteiger partial charge < -0.3 is 10.5 Å². The highest BCUT2D eigenvalue weighted by Crippen LogP contribution is 2.25. The Labute approximate surface area is 111 Å². The highest BCUT2D eigenvalue weighted by Gasteiger charge is 2.18. The Morgan fingerprint density at radius 2 is 2.26 bits per heavy atom. The lowest BCUT2D eigenvalue weighted by Gasteiger charge is -2.07. The third-order valence-corrected chi connectivity index (χ3v) is 3.41. The molecule has 1 atom stereocenters. The fourth-order valence-corrected chi connectivity index (χ4v) is 2.35. The average molecular weight is 261 g/mol. The maximum absolute atomic E-state index is 13.5. The van der Waals surface area contributed by atoms with Crippen molar-refractivity contribution < 1.29 is 9.13 Å². The van der Waals surface area contributed by atoms with Crippen LogP contribution in [0.2, 0.25) is 0 Å². The molecular weight excluding hydrogens is 245 g/mol. The van der Waals surface area contributed by atoms with Crippen LogP contribution in [0.15, 0.2) is 30.6 Å². The largest absolute Gasteiger partial charge is 0.379 e. The zero-order valence-electron chi connectivity index (χ0n) is 10.6. The lowest BCUT2D eigenvalue weighted by molar-refractivity contribution is 0.184. The van der Waals surface area contributed by atoms with Gasteiger partial charge in [-0.25, -0.2) is 4.39 Å². The lowest BCUT2D eigenvalue weighted by atomic mass is 10.1. The predicted molar refractivity (Wildman–Crippen MR) is 70.0 cm³/mol. The van der Waals surface area contributed by atoms with Gasteiger partial charge in [0.2, 0.25) is 0 Å². The van der Waals surface area contributed by atoms with Crippen LogP contribution in [-0.2, 0) is 11.3 Å². The normalized spacial score (nSPS) is 18.9. The molecule has 0 radical (unpaired) electrons. The summed E-state index contributed by atoms with van der Waals surface area (Å²) in [4.78, 5) is 0. The van der Waals surface area contributed by atoms with Crippen LogP contribution in [0.5, 0.6) is 0 Å². The lowest BCUT2D eigenvalue weighted by Crippen LogP contribution is -2.08. The predicted octanol–water partition coefficient (Wildman–Crippen LogP) is 2.11. The van der Waals surface area contributed by atoms with Crippen molar-refractivity contribution in [3.05, 3.63) is 42.0 Å². The molecule has 1 saturated heterocycles. The van der Waals surface area contributed by atoms with Gasteiger partial charge in [0.25, 0.3) is 0 Å². The molecule has 0 amide bonds. The van der Waals surface area contributed by atoms with Gasteiger partial charge in [-0.05, 0) is 35.7 Å². The molecule has 0 saturated carbocycles. The molecule has 1 aliphatic rings. The van der Waals surface area contributed by atoms with Crippen LogP contribution in [0.25, 0.3) is 11.1 Å². The maximum Gasteiger partial charge on any atom is 0.124 e. The quantitative estimate of drug-likeness (QED) is 0.920. The molecule has 0 spiro atoms. The van der Waals surface area contributed by atoms with Gasteiger partial charge in [0.1, 0.15) is 5.82 Å². The number of hydrogen-bond donors (Lipinski definition) is 1. The van der Waals surface area contributed by atoms with Gasteiger partial charge in [0, 0.05) is 24.9 Å². The summed E-state index contributed by atoms with van der Waals surface area (Å²) in [5.41, 5.74) is 8.07. The average Bonchev–Trinajstić information content (AvgIpc) is 3.08. The second-order valence-corrected chi connectivity index (χ2v) is 4.78. The number of hydrogen-bond acceptors (Lipinski definition) is 3. The van der Waals surface area contributed by atoms with E-state index in [1.807, 2.05) is 16.9 Å². The Balaban J connectivity index is 1.91. The second-order valence-electron chi connectivity index (χ2n) is 4.78. The third kappa shape index (κ3) is 2.52. The Morgan fingerprint density at radius 3 is 3.00 bits per heavy atom. The van der Waals surface area contributed by atoms with Crippen molar-refractivity contribution in [3.63, 3.8) is 0 Å². The number of nitrogens with zero attached hydrogens (tertiary/aromatic N) is 2. The van der Waals surface area contributed by atoms with E-state index >= 15 is 0 Å². The van der Waals surface area contributed by atoms with E-state index < -0.39 is 0 Å². The summed E-state index contributed by atoms with van der Waals surface area (Å²) in [5, 5.41) is 4.34. The van der Waals surface area contributed by atoms with Crippen molar-refractivity contribution in [1.82, 2.24) is 9.78 Å². The molecule has 1 aliphatic heterocycles. The van der Waals surface area contributed by atoms with E-state index in [1.165, 1.54) is 12.1 Å². The van der Waals surface area contributed by atoms with Crippen molar-refractivity contribution >= 4 is 0 Å². The minimum atomic E-state index is -0.269. The first-order chi connectivity index (χ1) is 9.26. The summed E-state index contributed by atoms with van der Waals surface area (Å²) < 4.78 is 20.7. The van der Waals surface area contributed by atoms with E-state index in [2.05, 4.69) is 5.10 Å². The van der Waals surface area contributed by atoms with Crippen LogP contribution < -0.4 is 5.73 Å². The molecule has 4 nitrogen and oxygen atoms in total. The van der Waals surface area contributed by atoms with Crippen molar-refractivity contribution in [2.24, 2.45) is 5.73 Å².